The zero-order valence-corrected chi connectivity index (χ0v) is 22.5. The molecule has 2 N–H and O–H groups in total. The molecule has 1 aromatic rings. The van der Waals surface area contributed by atoms with Crippen LogP contribution in [-0.2, 0) is 23.9 Å². The Labute approximate surface area is 208 Å². The number of carbonyl (C=O) groups is 4. The molecular formula is C26H41N3O6. The van der Waals surface area contributed by atoms with Crippen LogP contribution in [0.4, 0.5) is 4.79 Å². The van der Waals surface area contributed by atoms with Crippen molar-refractivity contribution in [3.05, 3.63) is 34.9 Å². The zero-order valence-electron chi connectivity index (χ0n) is 22.5. The summed E-state index contributed by atoms with van der Waals surface area (Å²) in [5.41, 5.74) is 1.66. The third-order valence-electron chi connectivity index (χ3n) is 5.24. The van der Waals surface area contributed by atoms with Gasteiger partial charge in [-0.05, 0) is 65.0 Å². The molecule has 3 amide bonds. The molecule has 0 aliphatic heterocycles. The number of aryl methyl sites for hydroxylation is 2. The molecule has 0 fully saturated rings. The van der Waals surface area contributed by atoms with Gasteiger partial charge < -0.3 is 25.0 Å². The number of carbonyl (C=O) groups excluding carboxylic acids is 4. The van der Waals surface area contributed by atoms with Crippen molar-refractivity contribution < 1.29 is 28.7 Å². The minimum atomic E-state index is -1.01. The third-order valence-corrected chi connectivity index (χ3v) is 5.24. The van der Waals surface area contributed by atoms with Crippen molar-refractivity contribution in [3.8, 4) is 0 Å². The molecule has 0 radical (unpaired) electrons. The van der Waals surface area contributed by atoms with Crippen molar-refractivity contribution in [1.29, 1.82) is 0 Å². The first-order chi connectivity index (χ1) is 16.2. The number of esters is 1. The van der Waals surface area contributed by atoms with Crippen LogP contribution in [0, 0.1) is 19.8 Å². The van der Waals surface area contributed by atoms with E-state index in [1.54, 1.807) is 27.7 Å². The Morgan fingerprint density at radius 1 is 1.09 bits per heavy atom. The van der Waals surface area contributed by atoms with E-state index in [0.29, 0.717) is 12.0 Å². The van der Waals surface area contributed by atoms with Gasteiger partial charge in [0.25, 0.3) is 0 Å². The summed E-state index contributed by atoms with van der Waals surface area (Å²) >= 11 is 0. The van der Waals surface area contributed by atoms with Gasteiger partial charge in [-0.2, -0.15) is 0 Å². The summed E-state index contributed by atoms with van der Waals surface area (Å²) in [5, 5.41) is 5.27. The Kier molecular flexibility index (Phi) is 11.2. The van der Waals surface area contributed by atoms with E-state index in [0.717, 1.165) is 11.1 Å². The van der Waals surface area contributed by atoms with E-state index in [2.05, 4.69) is 15.4 Å². The molecule has 2 unspecified atom stereocenters. The van der Waals surface area contributed by atoms with E-state index < -0.39 is 41.6 Å². The summed E-state index contributed by atoms with van der Waals surface area (Å²) in [5.74, 6) is -1.44. The van der Waals surface area contributed by atoms with E-state index in [1.165, 1.54) is 12.0 Å². The molecule has 0 aromatic heterocycles. The Hall–Kier alpha value is -3.10. The highest BCUT2D eigenvalue weighted by atomic mass is 16.6. The molecule has 9 nitrogen and oxygen atoms in total. The molecule has 1 rings (SSSR count). The molecule has 0 saturated heterocycles. The maximum absolute atomic E-state index is 13.8. The van der Waals surface area contributed by atoms with Crippen LogP contribution in [0.15, 0.2) is 18.2 Å². The number of hydrogen-bond acceptors (Lipinski definition) is 6. The minimum Gasteiger partial charge on any atom is -0.468 e. The van der Waals surface area contributed by atoms with Gasteiger partial charge in [-0.3, -0.25) is 14.4 Å². The van der Waals surface area contributed by atoms with Crippen molar-refractivity contribution in [3.63, 3.8) is 0 Å². The molecule has 196 valence electrons. The summed E-state index contributed by atoms with van der Waals surface area (Å²) in [4.78, 5) is 52.8. The summed E-state index contributed by atoms with van der Waals surface area (Å²) in [7, 11) is 1.23. The quantitative estimate of drug-likeness (QED) is 0.485. The van der Waals surface area contributed by atoms with Gasteiger partial charge in [0.15, 0.2) is 0 Å². The van der Waals surface area contributed by atoms with Crippen molar-refractivity contribution in [1.82, 2.24) is 15.5 Å². The number of hydrogen-bond donors (Lipinski definition) is 2. The molecule has 0 heterocycles. The molecule has 0 aliphatic rings. The second kappa shape index (κ2) is 13.1. The molecule has 0 spiro atoms. The van der Waals surface area contributed by atoms with Gasteiger partial charge in [-0.15, -0.1) is 0 Å². The fraction of sp³-hybridized carbons (Fsp3) is 0.615. The fourth-order valence-corrected chi connectivity index (χ4v) is 3.64. The highest BCUT2D eigenvalue weighted by Gasteiger charge is 2.36. The van der Waals surface area contributed by atoms with Crippen molar-refractivity contribution in [2.45, 2.75) is 79.5 Å². The van der Waals surface area contributed by atoms with Crippen LogP contribution in [0.2, 0.25) is 0 Å². The average Bonchev–Trinajstić information content (AvgIpc) is 2.74. The molecule has 0 aliphatic carbocycles. The number of amides is 3. The van der Waals surface area contributed by atoms with Crippen LogP contribution in [0.3, 0.4) is 0 Å². The van der Waals surface area contributed by atoms with Crippen LogP contribution in [0.1, 0.15) is 70.7 Å². The maximum Gasteiger partial charge on any atom is 0.408 e. The van der Waals surface area contributed by atoms with E-state index in [9.17, 15) is 19.2 Å². The zero-order chi connectivity index (χ0) is 26.9. The lowest BCUT2D eigenvalue weighted by Gasteiger charge is -2.34. The summed E-state index contributed by atoms with van der Waals surface area (Å²) < 4.78 is 10.00. The Balaban J connectivity index is 3.42. The normalized spacial score (nSPS) is 13.0. The Bertz CT molecular complexity index is 907. The molecule has 0 saturated carbocycles. The van der Waals surface area contributed by atoms with Crippen LogP contribution in [-0.4, -0.2) is 60.6 Å². The number of rotatable bonds is 10. The van der Waals surface area contributed by atoms with Gasteiger partial charge >= 0.3 is 12.1 Å². The van der Waals surface area contributed by atoms with Gasteiger partial charge in [0.05, 0.1) is 7.11 Å². The highest BCUT2D eigenvalue weighted by molar-refractivity contribution is 5.93. The first kappa shape index (κ1) is 29.9. The molecule has 0 bridgehead atoms. The largest absolute Gasteiger partial charge is 0.468 e. The van der Waals surface area contributed by atoms with Crippen molar-refractivity contribution in [2.24, 2.45) is 5.92 Å². The van der Waals surface area contributed by atoms with Crippen LogP contribution < -0.4 is 10.6 Å². The number of alkyl carbamates (subject to hydrolysis) is 1. The number of benzene rings is 1. The van der Waals surface area contributed by atoms with Gasteiger partial charge in [0.2, 0.25) is 11.8 Å². The Morgan fingerprint density at radius 3 is 2.23 bits per heavy atom. The Morgan fingerprint density at radius 2 is 1.71 bits per heavy atom. The molecule has 9 heteroatoms. The second-order valence-electron chi connectivity index (χ2n) is 10.0. The number of ether oxygens (including phenoxy) is 2. The average molecular weight is 492 g/mol. The van der Waals surface area contributed by atoms with Crippen LogP contribution in [0.25, 0.3) is 0 Å². The topological polar surface area (TPSA) is 114 Å². The van der Waals surface area contributed by atoms with Gasteiger partial charge in [-0.25, -0.2) is 4.79 Å². The number of methoxy groups -OCH3 is 1. The number of likely N-dealkylation sites (N-methyl/N-ethyl adjacent to an activating group) is 1. The lowest BCUT2D eigenvalue weighted by atomic mass is 9.95. The predicted molar refractivity (Wildman–Crippen MR) is 134 cm³/mol. The standard InChI is InChI=1S/C26H41N3O6/c1-10-29(24(32)20(13-16(2)3)28-25(33)35-26(6,7)8)22(23(31)27-15-21(30)34-9)19-14-17(4)11-12-18(19)5/h11-12,14,16,20,22H,10,13,15H2,1-9H3,(H,27,31)(H,28,33). The molecule has 1 aromatic carbocycles. The molecular weight excluding hydrogens is 450 g/mol. The van der Waals surface area contributed by atoms with E-state index in [4.69, 9.17) is 4.74 Å². The number of nitrogens with zero attached hydrogens (tertiary/aromatic N) is 1. The summed E-state index contributed by atoms with van der Waals surface area (Å²) in [6, 6.07) is 3.75. The van der Waals surface area contributed by atoms with Crippen molar-refractivity contribution >= 4 is 23.9 Å². The predicted octanol–water partition coefficient (Wildman–Crippen LogP) is 3.42. The lowest BCUT2D eigenvalue weighted by molar-refractivity contribution is -0.144. The van der Waals surface area contributed by atoms with E-state index in [1.807, 2.05) is 45.9 Å². The highest BCUT2D eigenvalue weighted by Crippen LogP contribution is 2.27. The SMILES string of the molecule is CCN(C(=O)C(CC(C)C)NC(=O)OC(C)(C)C)C(C(=O)NCC(=O)OC)c1cc(C)ccc1C. The smallest absolute Gasteiger partial charge is 0.408 e. The minimum absolute atomic E-state index is 0.0879. The second-order valence-corrected chi connectivity index (χ2v) is 10.0. The van der Waals surface area contributed by atoms with E-state index in [-0.39, 0.29) is 19.0 Å². The molecule has 2 atom stereocenters. The van der Waals surface area contributed by atoms with Crippen LogP contribution >= 0.6 is 0 Å². The van der Waals surface area contributed by atoms with Crippen molar-refractivity contribution in [2.75, 3.05) is 20.2 Å². The van der Waals surface area contributed by atoms with E-state index >= 15 is 0 Å². The third kappa shape index (κ3) is 9.58. The summed E-state index contributed by atoms with van der Waals surface area (Å²) in [6.45, 7) is 14.5. The molecule has 35 heavy (non-hydrogen) atoms. The van der Waals surface area contributed by atoms with Gasteiger partial charge in [-0.1, -0.05) is 37.6 Å². The summed E-state index contributed by atoms with van der Waals surface area (Å²) in [6.07, 6.45) is -0.344. The maximum atomic E-state index is 13.8. The fourth-order valence-electron chi connectivity index (χ4n) is 3.64. The van der Waals surface area contributed by atoms with Gasteiger partial charge in [0, 0.05) is 6.54 Å². The first-order valence-corrected chi connectivity index (χ1v) is 11.9. The monoisotopic (exact) mass is 491 g/mol. The first-order valence-electron chi connectivity index (χ1n) is 11.9. The lowest BCUT2D eigenvalue weighted by Crippen LogP contribution is -2.53. The van der Waals surface area contributed by atoms with Crippen LogP contribution in [0.5, 0.6) is 0 Å². The number of nitrogens with one attached hydrogen (secondary N) is 2. The van der Waals surface area contributed by atoms with Gasteiger partial charge in [0.1, 0.15) is 24.2 Å².